The van der Waals surface area contributed by atoms with Crippen molar-refractivity contribution in [2.24, 2.45) is 5.92 Å². The number of nitrogens with zero attached hydrogens (tertiary/aromatic N) is 2. The molecule has 1 N–H and O–H groups in total. The van der Waals surface area contributed by atoms with E-state index in [1.807, 2.05) is 11.4 Å². The number of likely N-dealkylation sites (tertiary alicyclic amines) is 1. The summed E-state index contributed by atoms with van der Waals surface area (Å²) in [7, 11) is -2.02. The molecule has 0 unspecified atom stereocenters. The van der Waals surface area contributed by atoms with Crippen molar-refractivity contribution in [3.8, 4) is 0 Å². The zero-order valence-corrected chi connectivity index (χ0v) is 14.6. The summed E-state index contributed by atoms with van der Waals surface area (Å²) in [6.45, 7) is 0.822. The van der Waals surface area contributed by atoms with Crippen molar-refractivity contribution < 1.29 is 18.0 Å². The predicted molar refractivity (Wildman–Crippen MR) is 86.7 cm³/mol. The Morgan fingerprint density at radius 1 is 1.35 bits per heavy atom. The molecule has 0 bridgehead atoms. The Morgan fingerprint density at radius 2 is 2.09 bits per heavy atom. The minimum absolute atomic E-state index is 0.00376. The van der Waals surface area contributed by atoms with Gasteiger partial charge in [0, 0.05) is 26.2 Å². The number of hydrogen-bond donors (Lipinski definition) is 1. The molecule has 7 nitrogen and oxygen atoms in total. The molecule has 3 rings (SSSR count). The zero-order chi connectivity index (χ0) is 16.8. The summed E-state index contributed by atoms with van der Waals surface area (Å²) in [5, 5.41) is 4.37. The lowest BCUT2D eigenvalue weighted by Gasteiger charge is -2.27. The van der Waals surface area contributed by atoms with Gasteiger partial charge in [-0.3, -0.25) is 9.59 Å². The molecule has 2 aliphatic heterocycles. The SMILES string of the molecule is CNC(=O)[C@H]1C[C@@H]2CN(C(=O)c3cccs3)C[C@@H]2N1S(C)(=O)=O. The number of rotatable bonds is 3. The third kappa shape index (κ3) is 2.88. The third-order valence-electron chi connectivity index (χ3n) is 4.52. The highest BCUT2D eigenvalue weighted by Crippen LogP contribution is 2.38. The molecular formula is C14H19N3O4S2. The summed E-state index contributed by atoms with van der Waals surface area (Å²) in [6, 6.07) is 2.59. The van der Waals surface area contributed by atoms with Crippen molar-refractivity contribution >= 4 is 33.2 Å². The van der Waals surface area contributed by atoms with Gasteiger partial charge in [0.05, 0.1) is 11.1 Å². The van der Waals surface area contributed by atoms with Crippen LogP contribution < -0.4 is 5.32 Å². The normalized spacial score (nSPS) is 27.9. The summed E-state index contributed by atoms with van der Waals surface area (Å²) < 4.78 is 25.6. The lowest BCUT2D eigenvalue weighted by atomic mass is 10.0. The first-order valence-corrected chi connectivity index (χ1v) is 10.1. The van der Waals surface area contributed by atoms with Crippen molar-refractivity contribution in [2.45, 2.75) is 18.5 Å². The van der Waals surface area contributed by atoms with Crippen molar-refractivity contribution in [2.75, 3.05) is 26.4 Å². The van der Waals surface area contributed by atoms with Crippen molar-refractivity contribution in [3.63, 3.8) is 0 Å². The van der Waals surface area contributed by atoms with E-state index < -0.39 is 16.1 Å². The number of carbonyl (C=O) groups excluding carboxylic acids is 2. The Hall–Kier alpha value is -1.45. The molecule has 0 spiro atoms. The van der Waals surface area contributed by atoms with Crippen LogP contribution in [0.25, 0.3) is 0 Å². The van der Waals surface area contributed by atoms with E-state index in [0.29, 0.717) is 24.4 Å². The summed E-state index contributed by atoms with van der Waals surface area (Å²) >= 11 is 1.37. The van der Waals surface area contributed by atoms with Gasteiger partial charge in [-0.25, -0.2) is 8.42 Å². The van der Waals surface area contributed by atoms with Crippen molar-refractivity contribution in [1.29, 1.82) is 0 Å². The number of thiophene rings is 1. The number of fused-ring (bicyclic) bond motifs is 1. The van der Waals surface area contributed by atoms with Crippen molar-refractivity contribution in [1.82, 2.24) is 14.5 Å². The standard InChI is InChI=1S/C14H19N3O4S2/c1-15-13(18)10-6-9-7-16(14(19)12-4-3-5-22-12)8-11(9)17(10)23(2,20)21/h3-5,9-11H,6-8H2,1-2H3,(H,15,18)/t9-,10-,11+/m1/s1. The summed E-state index contributed by atoms with van der Waals surface area (Å²) in [6.07, 6.45) is 1.57. The summed E-state index contributed by atoms with van der Waals surface area (Å²) in [5.41, 5.74) is 0. The molecular weight excluding hydrogens is 338 g/mol. The minimum Gasteiger partial charge on any atom is -0.358 e. The molecule has 2 saturated heterocycles. The van der Waals surface area contributed by atoms with E-state index in [-0.39, 0.29) is 23.8 Å². The van der Waals surface area contributed by atoms with E-state index in [1.54, 1.807) is 11.0 Å². The quantitative estimate of drug-likeness (QED) is 0.823. The Balaban J connectivity index is 1.82. The second kappa shape index (κ2) is 5.88. The second-order valence-corrected chi connectivity index (χ2v) is 8.81. The molecule has 0 radical (unpaired) electrons. The Bertz CT molecular complexity index is 716. The highest BCUT2D eigenvalue weighted by atomic mass is 32.2. The first-order chi connectivity index (χ1) is 10.8. The van der Waals surface area contributed by atoms with E-state index >= 15 is 0 Å². The van der Waals surface area contributed by atoms with E-state index in [0.717, 1.165) is 6.26 Å². The molecule has 0 aromatic carbocycles. The number of amides is 2. The van der Waals surface area contributed by atoms with Crippen LogP contribution >= 0.6 is 11.3 Å². The van der Waals surface area contributed by atoms with Gasteiger partial charge in [-0.05, 0) is 23.8 Å². The lowest BCUT2D eigenvalue weighted by molar-refractivity contribution is -0.124. The molecule has 2 aliphatic rings. The van der Waals surface area contributed by atoms with Gasteiger partial charge >= 0.3 is 0 Å². The highest BCUT2D eigenvalue weighted by molar-refractivity contribution is 7.88. The Morgan fingerprint density at radius 3 is 2.65 bits per heavy atom. The number of hydrogen-bond acceptors (Lipinski definition) is 5. The third-order valence-corrected chi connectivity index (χ3v) is 6.67. The molecule has 3 heterocycles. The van der Waals surface area contributed by atoms with Crippen LogP contribution in [0.5, 0.6) is 0 Å². The summed E-state index contributed by atoms with van der Waals surface area (Å²) in [5.74, 6) is -0.365. The monoisotopic (exact) mass is 357 g/mol. The smallest absolute Gasteiger partial charge is 0.263 e. The fraction of sp³-hybridized carbons (Fsp3) is 0.571. The number of sulfonamides is 1. The van der Waals surface area contributed by atoms with Gasteiger partial charge in [-0.2, -0.15) is 4.31 Å². The van der Waals surface area contributed by atoms with Crippen LogP contribution in [0, 0.1) is 5.92 Å². The number of likely N-dealkylation sites (N-methyl/N-ethyl adjacent to an activating group) is 1. The van der Waals surface area contributed by atoms with Crippen LogP contribution in [0.2, 0.25) is 0 Å². The second-order valence-electron chi connectivity index (χ2n) is 5.97. The molecule has 0 saturated carbocycles. The first-order valence-electron chi connectivity index (χ1n) is 7.36. The van der Waals surface area contributed by atoms with Gasteiger partial charge in [0.25, 0.3) is 5.91 Å². The summed E-state index contributed by atoms with van der Waals surface area (Å²) in [4.78, 5) is 26.8. The van der Waals surface area contributed by atoms with Crippen LogP contribution in [0.15, 0.2) is 17.5 Å². The molecule has 2 fully saturated rings. The van der Waals surface area contributed by atoms with E-state index in [1.165, 1.54) is 22.7 Å². The van der Waals surface area contributed by atoms with E-state index in [2.05, 4.69) is 5.32 Å². The molecule has 0 aliphatic carbocycles. The molecule has 1 aromatic rings. The molecule has 126 valence electrons. The lowest BCUT2D eigenvalue weighted by Crippen LogP contribution is -2.49. The minimum atomic E-state index is -3.53. The molecule has 1 aromatic heterocycles. The fourth-order valence-electron chi connectivity index (χ4n) is 3.58. The maximum absolute atomic E-state index is 12.5. The van der Waals surface area contributed by atoms with Gasteiger partial charge < -0.3 is 10.2 Å². The van der Waals surface area contributed by atoms with Crippen LogP contribution in [0.4, 0.5) is 0 Å². The van der Waals surface area contributed by atoms with Crippen LogP contribution in [-0.4, -0.2) is 67.9 Å². The van der Waals surface area contributed by atoms with Gasteiger partial charge in [0.2, 0.25) is 15.9 Å². The van der Waals surface area contributed by atoms with Gasteiger partial charge in [0.15, 0.2) is 0 Å². The average molecular weight is 357 g/mol. The van der Waals surface area contributed by atoms with Gasteiger partial charge in [0.1, 0.15) is 6.04 Å². The van der Waals surface area contributed by atoms with Crippen LogP contribution in [-0.2, 0) is 14.8 Å². The molecule has 9 heteroatoms. The topological polar surface area (TPSA) is 86.8 Å². The van der Waals surface area contributed by atoms with Gasteiger partial charge in [-0.15, -0.1) is 11.3 Å². The van der Waals surface area contributed by atoms with Gasteiger partial charge in [-0.1, -0.05) is 6.07 Å². The zero-order valence-electron chi connectivity index (χ0n) is 12.9. The Kier molecular flexibility index (Phi) is 4.19. The average Bonchev–Trinajstić information content (AvgIpc) is 3.18. The maximum Gasteiger partial charge on any atom is 0.263 e. The highest BCUT2D eigenvalue weighted by Gasteiger charge is 2.53. The molecule has 23 heavy (non-hydrogen) atoms. The number of carbonyl (C=O) groups is 2. The predicted octanol–water partition coefficient (Wildman–Crippen LogP) is -0.0314. The van der Waals surface area contributed by atoms with E-state index in [9.17, 15) is 18.0 Å². The largest absolute Gasteiger partial charge is 0.358 e. The maximum atomic E-state index is 12.5. The van der Waals surface area contributed by atoms with Crippen LogP contribution in [0.3, 0.4) is 0 Å². The first kappa shape index (κ1) is 16.4. The number of nitrogens with one attached hydrogen (secondary N) is 1. The fourth-order valence-corrected chi connectivity index (χ4v) is 5.65. The van der Waals surface area contributed by atoms with Crippen LogP contribution in [0.1, 0.15) is 16.1 Å². The molecule has 3 atom stereocenters. The van der Waals surface area contributed by atoms with Crippen molar-refractivity contribution in [3.05, 3.63) is 22.4 Å². The Labute approximate surface area is 139 Å². The molecule has 2 amide bonds. The van der Waals surface area contributed by atoms with E-state index in [4.69, 9.17) is 0 Å².